The van der Waals surface area contributed by atoms with Gasteiger partial charge in [0.05, 0.1) is 0 Å². The van der Waals surface area contributed by atoms with Crippen LogP contribution in [0.3, 0.4) is 0 Å². The summed E-state index contributed by atoms with van der Waals surface area (Å²) < 4.78 is 0. The number of piperidine rings is 1. The van der Waals surface area contributed by atoms with Crippen LogP contribution in [0.4, 0.5) is 0 Å². The maximum atomic E-state index is 11.9. The average Bonchev–Trinajstić information content (AvgIpc) is 2.48. The quantitative estimate of drug-likeness (QED) is 0.917. The molecule has 1 aromatic rings. The topological polar surface area (TPSA) is 45.2 Å². The number of nitrogens with zero attached hydrogens (tertiary/aromatic N) is 2. The number of amides is 1. The van der Waals surface area contributed by atoms with Crippen LogP contribution in [-0.2, 0) is 4.79 Å². The summed E-state index contributed by atoms with van der Waals surface area (Å²) in [7, 11) is 0. The third-order valence-corrected chi connectivity index (χ3v) is 3.97. The van der Waals surface area contributed by atoms with Gasteiger partial charge in [0.2, 0.25) is 5.91 Å². The number of hydrogen-bond acceptors (Lipinski definition) is 3. The summed E-state index contributed by atoms with van der Waals surface area (Å²) in [5.74, 6) is 0.387. The van der Waals surface area contributed by atoms with Crippen LogP contribution in [0.1, 0.15) is 45.2 Å². The van der Waals surface area contributed by atoms with E-state index >= 15 is 0 Å². The molecule has 0 radical (unpaired) electrons. The highest BCUT2D eigenvalue weighted by Crippen LogP contribution is 2.17. The first-order valence-corrected chi connectivity index (χ1v) is 7.52. The van der Waals surface area contributed by atoms with Crippen molar-refractivity contribution in [1.29, 1.82) is 0 Å². The molecule has 1 N–H and O–H groups in total. The maximum absolute atomic E-state index is 11.9. The molecule has 0 bridgehead atoms. The number of carbonyl (C=O) groups excluding carboxylic acids is 1. The van der Waals surface area contributed by atoms with Gasteiger partial charge in [-0.05, 0) is 31.4 Å². The lowest BCUT2D eigenvalue weighted by atomic mass is 10.0. The van der Waals surface area contributed by atoms with Gasteiger partial charge in [0.25, 0.3) is 0 Å². The lowest BCUT2D eigenvalue weighted by molar-refractivity contribution is -0.135. The standard InChI is InChI=1S/C16H25N3O/c1-12(2)16(20)19-9-6-15(7-10-19)18-13(3)14-5-4-8-17-11-14/h4-5,8,11-13,15,18H,6-7,9-10H2,1-3H3. The van der Waals surface area contributed by atoms with Crippen LogP contribution in [0.5, 0.6) is 0 Å². The van der Waals surface area contributed by atoms with Crippen molar-refractivity contribution in [1.82, 2.24) is 15.2 Å². The fourth-order valence-corrected chi connectivity index (χ4v) is 2.71. The molecule has 1 aliphatic heterocycles. The van der Waals surface area contributed by atoms with Crippen LogP contribution in [0.15, 0.2) is 24.5 Å². The van der Waals surface area contributed by atoms with Gasteiger partial charge < -0.3 is 10.2 Å². The Morgan fingerprint density at radius 1 is 1.35 bits per heavy atom. The molecule has 1 saturated heterocycles. The van der Waals surface area contributed by atoms with Crippen LogP contribution >= 0.6 is 0 Å². The van der Waals surface area contributed by atoms with Crippen molar-refractivity contribution in [3.8, 4) is 0 Å². The Hall–Kier alpha value is -1.42. The Kier molecular flexibility index (Phi) is 5.12. The molecule has 0 aliphatic carbocycles. The van der Waals surface area contributed by atoms with Crippen LogP contribution in [-0.4, -0.2) is 34.9 Å². The molecule has 1 aliphatic rings. The van der Waals surface area contributed by atoms with Gasteiger partial charge in [0.15, 0.2) is 0 Å². The zero-order valence-electron chi connectivity index (χ0n) is 12.7. The van der Waals surface area contributed by atoms with E-state index in [1.807, 2.05) is 31.0 Å². The SMILES string of the molecule is CC(C)C(=O)N1CCC(NC(C)c2cccnc2)CC1. The molecule has 1 fully saturated rings. The second-order valence-electron chi connectivity index (χ2n) is 5.93. The fraction of sp³-hybridized carbons (Fsp3) is 0.625. The first-order chi connectivity index (χ1) is 9.58. The first kappa shape index (κ1) is 15.0. The summed E-state index contributed by atoms with van der Waals surface area (Å²) in [5.41, 5.74) is 1.22. The average molecular weight is 275 g/mol. The molecule has 1 atom stereocenters. The minimum absolute atomic E-state index is 0.105. The van der Waals surface area contributed by atoms with Crippen LogP contribution in [0.2, 0.25) is 0 Å². The van der Waals surface area contributed by atoms with Crippen LogP contribution in [0.25, 0.3) is 0 Å². The smallest absolute Gasteiger partial charge is 0.225 e. The third-order valence-electron chi connectivity index (χ3n) is 3.97. The van der Waals surface area contributed by atoms with Gasteiger partial charge in [-0.1, -0.05) is 19.9 Å². The first-order valence-electron chi connectivity index (χ1n) is 7.52. The number of nitrogens with one attached hydrogen (secondary N) is 1. The molecule has 1 aromatic heterocycles. The highest BCUT2D eigenvalue weighted by atomic mass is 16.2. The van der Waals surface area contributed by atoms with E-state index in [0.29, 0.717) is 12.1 Å². The van der Waals surface area contributed by atoms with Crippen molar-refractivity contribution >= 4 is 5.91 Å². The normalized spacial score (nSPS) is 18.3. The number of carbonyl (C=O) groups is 1. The minimum Gasteiger partial charge on any atom is -0.342 e. The highest BCUT2D eigenvalue weighted by molar-refractivity contribution is 5.78. The molecule has 1 amide bonds. The molecule has 2 rings (SSSR count). The van der Waals surface area contributed by atoms with E-state index in [1.165, 1.54) is 5.56 Å². The van der Waals surface area contributed by atoms with Crippen molar-refractivity contribution in [3.63, 3.8) is 0 Å². The molecule has 2 heterocycles. The van der Waals surface area contributed by atoms with Crippen molar-refractivity contribution in [2.75, 3.05) is 13.1 Å². The number of aromatic nitrogens is 1. The van der Waals surface area contributed by atoms with E-state index in [0.717, 1.165) is 25.9 Å². The van der Waals surface area contributed by atoms with E-state index in [4.69, 9.17) is 0 Å². The van der Waals surface area contributed by atoms with Gasteiger partial charge >= 0.3 is 0 Å². The van der Waals surface area contributed by atoms with Gasteiger partial charge in [-0.15, -0.1) is 0 Å². The summed E-state index contributed by atoms with van der Waals surface area (Å²) in [5, 5.41) is 3.65. The molecule has 4 nitrogen and oxygen atoms in total. The number of hydrogen-bond donors (Lipinski definition) is 1. The Morgan fingerprint density at radius 2 is 2.05 bits per heavy atom. The van der Waals surface area contributed by atoms with E-state index < -0.39 is 0 Å². The van der Waals surface area contributed by atoms with Crippen molar-refractivity contribution in [3.05, 3.63) is 30.1 Å². The second kappa shape index (κ2) is 6.84. The zero-order valence-corrected chi connectivity index (χ0v) is 12.7. The fourth-order valence-electron chi connectivity index (χ4n) is 2.71. The molecule has 0 spiro atoms. The van der Waals surface area contributed by atoms with E-state index in [1.54, 1.807) is 6.20 Å². The van der Waals surface area contributed by atoms with Crippen molar-refractivity contribution in [2.24, 2.45) is 5.92 Å². The van der Waals surface area contributed by atoms with Gasteiger partial charge in [-0.3, -0.25) is 9.78 Å². The third kappa shape index (κ3) is 3.79. The van der Waals surface area contributed by atoms with Crippen molar-refractivity contribution in [2.45, 2.75) is 45.7 Å². The molecule has 1 unspecified atom stereocenters. The molecule has 20 heavy (non-hydrogen) atoms. The largest absolute Gasteiger partial charge is 0.342 e. The molecule has 0 aromatic carbocycles. The van der Waals surface area contributed by atoms with Gasteiger partial charge in [0, 0.05) is 43.5 Å². The van der Waals surface area contributed by atoms with E-state index in [9.17, 15) is 4.79 Å². The van der Waals surface area contributed by atoms with Gasteiger partial charge in [-0.2, -0.15) is 0 Å². The van der Waals surface area contributed by atoms with Crippen LogP contribution < -0.4 is 5.32 Å². The predicted molar refractivity (Wildman–Crippen MR) is 80.2 cm³/mol. The summed E-state index contributed by atoms with van der Waals surface area (Å²) in [6.45, 7) is 7.85. The minimum atomic E-state index is 0.105. The summed E-state index contributed by atoms with van der Waals surface area (Å²) in [4.78, 5) is 18.1. The van der Waals surface area contributed by atoms with Gasteiger partial charge in [0.1, 0.15) is 0 Å². The maximum Gasteiger partial charge on any atom is 0.225 e. The Morgan fingerprint density at radius 3 is 2.60 bits per heavy atom. The molecular weight excluding hydrogens is 250 g/mol. The number of likely N-dealkylation sites (tertiary alicyclic amines) is 1. The monoisotopic (exact) mass is 275 g/mol. The Balaban J connectivity index is 1.81. The summed E-state index contributed by atoms with van der Waals surface area (Å²) in [6, 6.07) is 4.86. The molecule has 110 valence electrons. The van der Waals surface area contributed by atoms with Crippen LogP contribution in [0, 0.1) is 5.92 Å². The molecule has 0 saturated carbocycles. The predicted octanol–water partition coefficient (Wildman–Crippen LogP) is 2.38. The van der Waals surface area contributed by atoms with Gasteiger partial charge in [-0.25, -0.2) is 0 Å². The highest BCUT2D eigenvalue weighted by Gasteiger charge is 2.24. The molecular formula is C16H25N3O. The molecule has 4 heteroatoms. The number of rotatable bonds is 4. The lowest BCUT2D eigenvalue weighted by Gasteiger charge is -2.34. The lowest BCUT2D eigenvalue weighted by Crippen LogP contribution is -2.46. The summed E-state index contributed by atoms with van der Waals surface area (Å²) >= 11 is 0. The van der Waals surface area contributed by atoms with Crippen molar-refractivity contribution < 1.29 is 4.79 Å². The summed E-state index contributed by atoms with van der Waals surface area (Å²) in [6.07, 6.45) is 5.77. The Labute approximate surface area is 121 Å². The van der Waals surface area contributed by atoms with E-state index in [2.05, 4.69) is 23.3 Å². The second-order valence-corrected chi connectivity index (χ2v) is 5.93. The van der Waals surface area contributed by atoms with E-state index in [-0.39, 0.29) is 11.8 Å². The Bertz CT molecular complexity index is 425. The zero-order chi connectivity index (χ0) is 14.5. The number of pyridine rings is 1.